The molecule has 33 heavy (non-hydrogen) atoms. The Labute approximate surface area is 194 Å². The lowest BCUT2D eigenvalue weighted by atomic mass is 9.96. The van der Waals surface area contributed by atoms with Gasteiger partial charge in [-0.2, -0.15) is 0 Å². The Kier molecular flexibility index (Phi) is 6.70. The summed E-state index contributed by atoms with van der Waals surface area (Å²) in [6.07, 6.45) is 4.24. The minimum atomic E-state index is -0.331. The number of likely N-dealkylation sites (tertiary alicyclic amines) is 1. The number of piperazine rings is 1. The molecule has 2 fully saturated rings. The molecule has 4 heterocycles. The summed E-state index contributed by atoms with van der Waals surface area (Å²) in [5.41, 5.74) is 1.77. The van der Waals surface area contributed by atoms with Crippen molar-refractivity contribution in [3.05, 3.63) is 57.8 Å². The molecule has 2 saturated heterocycles. The molecule has 0 aliphatic carbocycles. The molecular weight excluding hydrogens is 422 g/mol. The highest BCUT2D eigenvalue weighted by Crippen LogP contribution is 2.34. The fraction of sp³-hybridized carbons (Fsp3) is 0.542. The highest BCUT2D eigenvalue weighted by atomic mass is 16.7. The average Bonchev–Trinajstić information content (AvgIpc) is 2.85. The van der Waals surface area contributed by atoms with Gasteiger partial charge < -0.3 is 14.4 Å². The molecule has 1 unspecified atom stereocenters. The Morgan fingerprint density at radius 3 is 2.79 bits per heavy atom. The second kappa shape index (κ2) is 10.0. The molecule has 0 N–H and O–H groups in total. The van der Waals surface area contributed by atoms with Crippen LogP contribution in [0.1, 0.15) is 24.0 Å². The molecular formula is C24H31N5O4. The van der Waals surface area contributed by atoms with E-state index in [1.54, 1.807) is 12.1 Å². The van der Waals surface area contributed by atoms with Crippen LogP contribution in [0.2, 0.25) is 0 Å². The van der Waals surface area contributed by atoms with Crippen LogP contribution in [-0.4, -0.2) is 72.3 Å². The average molecular weight is 454 g/mol. The largest absolute Gasteiger partial charge is 0.467 e. The first-order valence-electron chi connectivity index (χ1n) is 11.8. The Balaban J connectivity index is 1.18. The third kappa shape index (κ3) is 5.26. The van der Waals surface area contributed by atoms with E-state index in [0.29, 0.717) is 19.1 Å². The van der Waals surface area contributed by atoms with E-state index in [4.69, 9.17) is 9.47 Å². The number of piperidine rings is 1. The van der Waals surface area contributed by atoms with Gasteiger partial charge in [-0.05, 0) is 37.4 Å². The Morgan fingerprint density at radius 2 is 2.00 bits per heavy atom. The molecule has 0 saturated carbocycles. The second-order valence-corrected chi connectivity index (χ2v) is 9.18. The Bertz CT molecular complexity index is 965. The van der Waals surface area contributed by atoms with Gasteiger partial charge in [0.1, 0.15) is 11.6 Å². The molecule has 1 atom stereocenters. The Hall–Kier alpha value is -2.75. The molecule has 9 heteroatoms. The fourth-order valence-electron chi connectivity index (χ4n) is 5.25. The van der Waals surface area contributed by atoms with Gasteiger partial charge >= 0.3 is 0 Å². The maximum Gasteiger partial charge on any atom is 0.270 e. The third-order valence-corrected chi connectivity index (χ3v) is 6.84. The minimum absolute atomic E-state index is 0.109. The van der Waals surface area contributed by atoms with Crippen molar-refractivity contribution < 1.29 is 14.4 Å². The highest BCUT2D eigenvalue weighted by Gasteiger charge is 2.27. The number of hydrogen-bond acceptors (Lipinski definition) is 8. The van der Waals surface area contributed by atoms with E-state index >= 15 is 0 Å². The number of rotatable bonds is 6. The number of pyridine rings is 1. The number of nitro groups is 1. The fourth-order valence-corrected chi connectivity index (χ4v) is 5.25. The molecule has 5 rings (SSSR count). The lowest BCUT2D eigenvalue weighted by Crippen LogP contribution is -2.49. The van der Waals surface area contributed by atoms with Gasteiger partial charge in [-0.15, -0.1) is 0 Å². The first-order chi connectivity index (χ1) is 16.2. The van der Waals surface area contributed by atoms with Crippen LogP contribution in [0, 0.1) is 16.0 Å². The van der Waals surface area contributed by atoms with E-state index in [-0.39, 0.29) is 17.4 Å². The van der Waals surface area contributed by atoms with Crippen molar-refractivity contribution in [2.24, 2.45) is 5.92 Å². The maximum absolute atomic E-state index is 11.4. The standard InChI is InChI=1S/C24H31N5O4/c30-29(31)22-12-20(24-21(13-22)17-32-18-33-24)16-27-7-3-4-19(15-27)14-26-8-10-28(11-9-26)23-5-1-2-6-25-23/h1-2,5-6,12-13,19H,3-4,7-11,14-18H2. The lowest BCUT2D eigenvalue weighted by molar-refractivity contribution is -0.385. The summed E-state index contributed by atoms with van der Waals surface area (Å²) in [5, 5.41) is 11.4. The van der Waals surface area contributed by atoms with Gasteiger partial charge in [0.25, 0.3) is 5.69 Å². The van der Waals surface area contributed by atoms with E-state index < -0.39 is 0 Å². The van der Waals surface area contributed by atoms with Crippen LogP contribution in [0.5, 0.6) is 5.75 Å². The van der Waals surface area contributed by atoms with Gasteiger partial charge in [-0.25, -0.2) is 4.98 Å². The number of nitrogens with zero attached hydrogens (tertiary/aromatic N) is 5. The summed E-state index contributed by atoms with van der Waals surface area (Å²) in [7, 11) is 0. The van der Waals surface area contributed by atoms with Crippen LogP contribution in [0.25, 0.3) is 0 Å². The molecule has 1 aromatic heterocycles. The molecule has 3 aliphatic heterocycles. The quantitative estimate of drug-likeness (QED) is 0.488. The number of aromatic nitrogens is 1. The van der Waals surface area contributed by atoms with E-state index in [1.807, 2.05) is 18.3 Å². The van der Waals surface area contributed by atoms with Crippen molar-refractivity contribution in [3.8, 4) is 5.75 Å². The molecule has 0 spiro atoms. The van der Waals surface area contributed by atoms with Crippen LogP contribution >= 0.6 is 0 Å². The summed E-state index contributed by atoms with van der Waals surface area (Å²) < 4.78 is 11.1. The van der Waals surface area contributed by atoms with Gasteiger partial charge in [-0.3, -0.25) is 19.9 Å². The third-order valence-electron chi connectivity index (χ3n) is 6.84. The molecule has 0 bridgehead atoms. The number of nitro benzene ring substituents is 1. The van der Waals surface area contributed by atoms with Crippen molar-refractivity contribution in [1.29, 1.82) is 0 Å². The summed E-state index contributed by atoms with van der Waals surface area (Å²) >= 11 is 0. The molecule has 1 aromatic carbocycles. The topological polar surface area (TPSA) is 84.2 Å². The number of hydrogen-bond donors (Lipinski definition) is 0. The van der Waals surface area contributed by atoms with Crippen LogP contribution in [0.15, 0.2) is 36.5 Å². The molecule has 0 amide bonds. The second-order valence-electron chi connectivity index (χ2n) is 9.18. The van der Waals surface area contributed by atoms with Gasteiger partial charge in [0.2, 0.25) is 0 Å². The number of ether oxygens (including phenoxy) is 2. The summed E-state index contributed by atoms with van der Waals surface area (Å²) in [5.74, 6) is 2.44. The zero-order valence-corrected chi connectivity index (χ0v) is 18.9. The smallest absolute Gasteiger partial charge is 0.270 e. The maximum atomic E-state index is 11.4. The zero-order chi connectivity index (χ0) is 22.6. The first kappa shape index (κ1) is 22.1. The number of fused-ring (bicyclic) bond motifs is 1. The van der Waals surface area contributed by atoms with Gasteiger partial charge in [0, 0.05) is 75.3 Å². The van der Waals surface area contributed by atoms with Gasteiger partial charge in [-0.1, -0.05) is 6.07 Å². The SMILES string of the molecule is O=[N+]([O-])c1cc2c(c(CN3CCCC(CN4CCN(c5ccccn5)CC4)C3)c1)OCOC2. The summed E-state index contributed by atoms with van der Waals surface area (Å²) in [6.45, 7) is 8.48. The normalized spacial score (nSPS) is 21.9. The lowest BCUT2D eigenvalue weighted by Gasteiger charge is -2.39. The molecule has 2 aromatic rings. The predicted molar refractivity (Wildman–Crippen MR) is 124 cm³/mol. The summed E-state index contributed by atoms with van der Waals surface area (Å²) in [6, 6.07) is 9.32. The van der Waals surface area contributed by atoms with Crippen molar-refractivity contribution in [1.82, 2.24) is 14.8 Å². The Morgan fingerprint density at radius 1 is 1.12 bits per heavy atom. The van der Waals surface area contributed by atoms with Crippen molar-refractivity contribution in [3.63, 3.8) is 0 Å². The number of anilines is 1. The minimum Gasteiger partial charge on any atom is -0.467 e. The first-order valence-corrected chi connectivity index (χ1v) is 11.8. The number of non-ortho nitro benzene ring substituents is 1. The monoisotopic (exact) mass is 453 g/mol. The van der Waals surface area contributed by atoms with Crippen LogP contribution in [-0.2, 0) is 17.9 Å². The van der Waals surface area contributed by atoms with Crippen molar-refractivity contribution in [2.75, 3.05) is 57.5 Å². The number of benzene rings is 1. The van der Waals surface area contributed by atoms with Crippen molar-refractivity contribution >= 4 is 11.5 Å². The predicted octanol–water partition coefficient (Wildman–Crippen LogP) is 2.89. The molecule has 3 aliphatic rings. The summed E-state index contributed by atoms with van der Waals surface area (Å²) in [4.78, 5) is 22.9. The van der Waals surface area contributed by atoms with E-state index in [9.17, 15) is 10.1 Å². The van der Waals surface area contributed by atoms with E-state index in [1.165, 1.54) is 6.42 Å². The van der Waals surface area contributed by atoms with Crippen molar-refractivity contribution in [2.45, 2.75) is 26.0 Å². The molecule has 9 nitrogen and oxygen atoms in total. The van der Waals surface area contributed by atoms with E-state index in [2.05, 4.69) is 25.8 Å². The van der Waals surface area contributed by atoms with Crippen LogP contribution in [0.3, 0.4) is 0 Å². The highest BCUT2D eigenvalue weighted by molar-refractivity contribution is 5.50. The van der Waals surface area contributed by atoms with E-state index in [0.717, 1.165) is 74.9 Å². The van der Waals surface area contributed by atoms with Crippen LogP contribution < -0.4 is 9.64 Å². The van der Waals surface area contributed by atoms with Gasteiger partial charge in [0.15, 0.2) is 6.79 Å². The zero-order valence-electron chi connectivity index (χ0n) is 18.9. The molecule has 0 radical (unpaired) electrons. The van der Waals surface area contributed by atoms with Crippen LogP contribution in [0.4, 0.5) is 11.5 Å². The molecule has 176 valence electrons. The van der Waals surface area contributed by atoms with Gasteiger partial charge in [0.05, 0.1) is 11.5 Å².